The Morgan fingerprint density at radius 1 is 1.00 bits per heavy atom. The third-order valence-electron chi connectivity index (χ3n) is 7.33. The van der Waals surface area contributed by atoms with Crippen LogP contribution < -0.4 is 4.74 Å². The Kier molecular flexibility index (Phi) is 7.99. The summed E-state index contributed by atoms with van der Waals surface area (Å²) in [4.78, 5) is 24.8. The van der Waals surface area contributed by atoms with Gasteiger partial charge in [-0.2, -0.15) is 0 Å². The lowest BCUT2D eigenvalue weighted by atomic mass is 9.82. The van der Waals surface area contributed by atoms with Crippen molar-refractivity contribution in [3.8, 4) is 5.75 Å². The first-order chi connectivity index (χ1) is 18.4. The van der Waals surface area contributed by atoms with Crippen molar-refractivity contribution in [2.75, 3.05) is 19.8 Å². The highest BCUT2D eigenvalue weighted by molar-refractivity contribution is 5.89. The minimum absolute atomic E-state index is 0.0436. The number of fused-ring (bicyclic) bond motifs is 3. The quantitative estimate of drug-likeness (QED) is 0.319. The number of hydrogen-bond donors (Lipinski definition) is 0. The van der Waals surface area contributed by atoms with E-state index in [1.165, 1.54) is 6.92 Å². The summed E-state index contributed by atoms with van der Waals surface area (Å²) in [5, 5.41) is 0. The Morgan fingerprint density at radius 2 is 1.74 bits per heavy atom. The molecule has 3 aliphatic rings. The molecule has 9 heteroatoms. The van der Waals surface area contributed by atoms with Gasteiger partial charge in [0.25, 0.3) is 0 Å². The highest BCUT2D eigenvalue weighted by Crippen LogP contribution is 2.62. The SMILES string of the molecule is CCO[C@@H]1C[C@H]2[C@@H](OC(=O)c3ccc(OCc4ccccc4)cc3)[C@H]3O[C@@]3(COC(C)=O)[C@H]2[C@H](OCC)O1. The van der Waals surface area contributed by atoms with E-state index in [0.29, 0.717) is 37.6 Å². The monoisotopic (exact) mass is 526 g/mol. The highest BCUT2D eigenvalue weighted by atomic mass is 16.8. The van der Waals surface area contributed by atoms with Gasteiger partial charge in [0.15, 0.2) is 12.6 Å². The maximum absolute atomic E-state index is 13.2. The Balaban J connectivity index is 1.30. The van der Waals surface area contributed by atoms with Crippen molar-refractivity contribution in [2.45, 2.75) is 64.2 Å². The summed E-state index contributed by atoms with van der Waals surface area (Å²) in [5.41, 5.74) is 0.634. The van der Waals surface area contributed by atoms with E-state index >= 15 is 0 Å². The fourth-order valence-electron chi connectivity index (χ4n) is 5.63. The molecule has 1 saturated carbocycles. The lowest BCUT2D eigenvalue weighted by Gasteiger charge is -2.42. The average molecular weight is 527 g/mol. The molecule has 2 aliphatic heterocycles. The lowest BCUT2D eigenvalue weighted by molar-refractivity contribution is -0.310. The van der Waals surface area contributed by atoms with E-state index in [0.717, 1.165) is 5.56 Å². The van der Waals surface area contributed by atoms with Crippen molar-refractivity contribution < 1.29 is 42.7 Å². The second-order valence-electron chi connectivity index (χ2n) is 9.71. The van der Waals surface area contributed by atoms with Crippen LogP contribution >= 0.6 is 0 Å². The first-order valence-corrected chi connectivity index (χ1v) is 13.1. The number of esters is 2. The van der Waals surface area contributed by atoms with Crippen molar-refractivity contribution in [3.05, 3.63) is 65.7 Å². The summed E-state index contributed by atoms with van der Waals surface area (Å²) in [6, 6.07) is 16.7. The molecule has 0 spiro atoms. The lowest BCUT2D eigenvalue weighted by Crippen LogP contribution is -2.51. The fraction of sp³-hybridized carbons (Fsp3) is 0.517. The maximum Gasteiger partial charge on any atom is 0.338 e. The zero-order chi connectivity index (χ0) is 26.7. The Morgan fingerprint density at radius 3 is 2.42 bits per heavy atom. The molecule has 0 N–H and O–H groups in total. The first-order valence-electron chi connectivity index (χ1n) is 13.1. The van der Waals surface area contributed by atoms with Gasteiger partial charge < -0.3 is 33.2 Å². The Labute approximate surface area is 222 Å². The minimum Gasteiger partial charge on any atom is -0.489 e. The molecule has 2 aromatic carbocycles. The van der Waals surface area contributed by atoms with Gasteiger partial charge in [0.1, 0.15) is 36.8 Å². The van der Waals surface area contributed by atoms with Crippen LogP contribution in [-0.4, -0.2) is 62.1 Å². The number of benzene rings is 2. The molecule has 1 aliphatic carbocycles. The Bertz CT molecular complexity index is 1100. The molecule has 3 fully saturated rings. The van der Waals surface area contributed by atoms with Crippen molar-refractivity contribution in [2.24, 2.45) is 11.8 Å². The van der Waals surface area contributed by atoms with Gasteiger partial charge >= 0.3 is 11.9 Å². The van der Waals surface area contributed by atoms with Crippen LogP contribution in [-0.2, 0) is 39.8 Å². The molecule has 38 heavy (non-hydrogen) atoms. The molecule has 0 bridgehead atoms. The van der Waals surface area contributed by atoms with E-state index in [9.17, 15) is 9.59 Å². The van der Waals surface area contributed by atoms with Crippen molar-refractivity contribution in [1.82, 2.24) is 0 Å². The third-order valence-corrected chi connectivity index (χ3v) is 7.33. The van der Waals surface area contributed by atoms with Crippen LogP contribution in [0.3, 0.4) is 0 Å². The van der Waals surface area contributed by atoms with Gasteiger partial charge in [0.2, 0.25) is 0 Å². The van der Waals surface area contributed by atoms with Gasteiger partial charge in [-0.1, -0.05) is 30.3 Å². The smallest absolute Gasteiger partial charge is 0.338 e. The van der Waals surface area contributed by atoms with Gasteiger partial charge in [-0.25, -0.2) is 4.79 Å². The second kappa shape index (κ2) is 11.4. The number of carbonyl (C=O) groups excluding carboxylic acids is 2. The first kappa shape index (κ1) is 26.6. The van der Waals surface area contributed by atoms with Crippen LogP contribution in [0.5, 0.6) is 5.75 Å². The predicted octanol–water partition coefficient (Wildman–Crippen LogP) is 3.88. The molecule has 0 unspecified atom stereocenters. The van der Waals surface area contributed by atoms with Gasteiger partial charge in [-0.05, 0) is 43.7 Å². The molecular weight excluding hydrogens is 492 g/mol. The van der Waals surface area contributed by atoms with E-state index in [1.807, 2.05) is 44.2 Å². The highest BCUT2D eigenvalue weighted by Gasteiger charge is 2.78. The molecule has 0 aromatic heterocycles. The van der Waals surface area contributed by atoms with E-state index in [2.05, 4.69) is 0 Å². The second-order valence-corrected chi connectivity index (χ2v) is 9.71. The zero-order valence-electron chi connectivity index (χ0n) is 21.9. The standard InChI is InChI=1S/C29H34O9/c1-4-32-23-15-22-24(28(36-23)33-5-2)29(17-35-18(3)30)26(38-29)25(22)37-27(31)20-11-13-21(14-12-20)34-16-19-9-7-6-8-10-19/h6-14,22-26,28H,4-5,15-17H2,1-3H3/t22-,23+,24-,25-,26-,28-,29+/m1/s1. The van der Waals surface area contributed by atoms with E-state index in [1.54, 1.807) is 24.3 Å². The predicted molar refractivity (Wildman–Crippen MR) is 134 cm³/mol. The molecule has 2 saturated heterocycles. The molecule has 0 radical (unpaired) electrons. The van der Waals surface area contributed by atoms with Gasteiger partial charge in [-0.3, -0.25) is 4.79 Å². The number of carbonyl (C=O) groups is 2. The number of epoxide rings is 1. The summed E-state index contributed by atoms with van der Waals surface area (Å²) in [7, 11) is 0. The zero-order valence-corrected chi connectivity index (χ0v) is 21.9. The van der Waals surface area contributed by atoms with Crippen molar-refractivity contribution in [1.29, 1.82) is 0 Å². The van der Waals surface area contributed by atoms with Crippen molar-refractivity contribution in [3.63, 3.8) is 0 Å². The molecule has 9 nitrogen and oxygen atoms in total. The summed E-state index contributed by atoms with van der Waals surface area (Å²) < 4.78 is 41.2. The average Bonchev–Trinajstić information content (AvgIpc) is 3.59. The van der Waals surface area contributed by atoms with Crippen LogP contribution in [0.2, 0.25) is 0 Å². The van der Waals surface area contributed by atoms with Crippen LogP contribution in [0.1, 0.15) is 43.1 Å². The van der Waals surface area contributed by atoms with Gasteiger partial charge in [0.05, 0.1) is 11.5 Å². The normalized spacial score (nSPS) is 31.1. The minimum atomic E-state index is -0.826. The summed E-state index contributed by atoms with van der Waals surface area (Å²) in [6.07, 6.45) is -1.62. The third kappa shape index (κ3) is 5.42. The molecule has 7 atom stereocenters. The molecule has 5 rings (SSSR count). The molecule has 204 valence electrons. The molecule has 2 aromatic rings. The van der Waals surface area contributed by atoms with Gasteiger partial charge in [0, 0.05) is 32.5 Å². The van der Waals surface area contributed by atoms with Crippen molar-refractivity contribution >= 4 is 11.9 Å². The van der Waals surface area contributed by atoms with E-state index in [-0.39, 0.29) is 18.4 Å². The molecular formula is C29H34O9. The summed E-state index contributed by atoms with van der Waals surface area (Å²) in [6.45, 7) is 6.51. The van der Waals surface area contributed by atoms with Crippen LogP contribution in [0.15, 0.2) is 54.6 Å². The number of hydrogen-bond acceptors (Lipinski definition) is 9. The fourth-order valence-corrected chi connectivity index (χ4v) is 5.63. The topological polar surface area (TPSA) is 102 Å². The molecule has 2 heterocycles. The number of rotatable bonds is 11. The van der Waals surface area contributed by atoms with Crippen LogP contribution in [0, 0.1) is 11.8 Å². The van der Waals surface area contributed by atoms with Gasteiger partial charge in [-0.15, -0.1) is 0 Å². The largest absolute Gasteiger partial charge is 0.489 e. The molecule has 0 amide bonds. The van der Waals surface area contributed by atoms with E-state index < -0.39 is 42.3 Å². The summed E-state index contributed by atoms with van der Waals surface area (Å²) in [5.74, 6) is -0.647. The Hall–Kier alpha value is -2.98. The van der Waals surface area contributed by atoms with E-state index in [4.69, 9.17) is 33.2 Å². The van der Waals surface area contributed by atoms with Crippen LogP contribution in [0.25, 0.3) is 0 Å². The summed E-state index contributed by atoms with van der Waals surface area (Å²) >= 11 is 0. The van der Waals surface area contributed by atoms with Crippen LogP contribution in [0.4, 0.5) is 0 Å². The maximum atomic E-state index is 13.2. The number of ether oxygens (including phenoxy) is 7.